The van der Waals surface area contributed by atoms with Crippen molar-refractivity contribution in [2.45, 2.75) is 62.7 Å². The van der Waals surface area contributed by atoms with Gasteiger partial charge in [0.05, 0.1) is 12.4 Å². The monoisotopic (exact) mass is 598 g/mol. The third-order valence-corrected chi connectivity index (χ3v) is 6.64. The molecule has 43 heavy (non-hydrogen) atoms. The van der Waals surface area contributed by atoms with Crippen LogP contribution in [-0.2, 0) is 41.6 Å². The number of carboxylic acid groups (broad SMARTS) is 2. The first-order valence-electron chi connectivity index (χ1n) is 13.4. The van der Waals surface area contributed by atoms with Gasteiger partial charge in [0.25, 0.3) is 0 Å². The summed E-state index contributed by atoms with van der Waals surface area (Å²) in [5.41, 5.74) is 12.9. The van der Waals surface area contributed by atoms with Crippen LogP contribution < -0.4 is 27.4 Å². The number of nitrogens with two attached hydrogens (primary N) is 2. The van der Waals surface area contributed by atoms with Crippen LogP contribution >= 0.6 is 0 Å². The molecule has 11 N–H and O–H groups in total. The van der Waals surface area contributed by atoms with Gasteiger partial charge < -0.3 is 47.6 Å². The predicted molar refractivity (Wildman–Crippen MR) is 151 cm³/mol. The smallest absolute Gasteiger partial charge is 0.326 e. The molecule has 1 aromatic carbocycles. The number of aromatic nitrogens is 3. The maximum atomic E-state index is 13.7. The number of hydrogen-bond donors (Lipinski definition) is 9. The van der Waals surface area contributed by atoms with E-state index in [0.29, 0.717) is 11.3 Å². The van der Waals surface area contributed by atoms with Crippen LogP contribution in [0.15, 0.2) is 43.0 Å². The van der Waals surface area contributed by atoms with Gasteiger partial charge in [-0.25, -0.2) is 9.78 Å². The summed E-state index contributed by atoms with van der Waals surface area (Å²) in [7, 11) is 0. The number of amides is 4. The normalized spacial score (nSPS) is 13.8. The number of para-hydroxylation sites is 1. The molecular weight excluding hydrogens is 564 g/mol. The van der Waals surface area contributed by atoms with Gasteiger partial charge in [-0.3, -0.25) is 24.0 Å². The minimum Gasteiger partial charge on any atom is -0.481 e. The third kappa shape index (κ3) is 9.67. The average Bonchev–Trinajstić information content (AvgIpc) is 3.62. The minimum absolute atomic E-state index is 0.0258. The molecule has 0 radical (unpaired) electrons. The van der Waals surface area contributed by atoms with Gasteiger partial charge in [-0.05, 0) is 24.5 Å². The van der Waals surface area contributed by atoms with Crippen LogP contribution in [-0.4, -0.2) is 84.9 Å². The van der Waals surface area contributed by atoms with E-state index in [1.54, 1.807) is 12.3 Å². The number of imidazole rings is 1. The first-order chi connectivity index (χ1) is 20.4. The summed E-state index contributed by atoms with van der Waals surface area (Å²) in [6, 6.07) is 2.00. The second-order valence-corrected chi connectivity index (χ2v) is 9.91. The first kappa shape index (κ1) is 32.3. The Balaban J connectivity index is 1.85. The zero-order valence-electron chi connectivity index (χ0n) is 23.0. The van der Waals surface area contributed by atoms with Crippen molar-refractivity contribution in [3.63, 3.8) is 0 Å². The van der Waals surface area contributed by atoms with Gasteiger partial charge in [0, 0.05) is 54.7 Å². The summed E-state index contributed by atoms with van der Waals surface area (Å²) in [5.74, 6) is -5.71. The molecule has 0 aliphatic carbocycles. The second-order valence-electron chi connectivity index (χ2n) is 9.91. The maximum absolute atomic E-state index is 13.7. The van der Waals surface area contributed by atoms with Crippen molar-refractivity contribution in [3.05, 3.63) is 54.2 Å². The van der Waals surface area contributed by atoms with Crippen molar-refractivity contribution in [3.8, 4) is 0 Å². The van der Waals surface area contributed by atoms with E-state index in [2.05, 4.69) is 30.9 Å². The van der Waals surface area contributed by atoms with Crippen LogP contribution in [0.2, 0.25) is 0 Å². The van der Waals surface area contributed by atoms with E-state index in [1.807, 2.05) is 18.2 Å². The molecule has 2 aromatic heterocycles. The van der Waals surface area contributed by atoms with Crippen molar-refractivity contribution in [1.29, 1.82) is 0 Å². The molecule has 0 spiro atoms. The fraction of sp³-hybridized carbons (Fsp3) is 0.370. The predicted octanol–water partition coefficient (Wildman–Crippen LogP) is -1.33. The molecule has 3 rings (SSSR count). The molecule has 0 saturated heterocycles. The van der Waals surface area contributed by atoms with Crippen molar-refractivity contribution in [2.24, 2.45) is 11.5 Å². The van der Waals surface area contributed by atoms with Crippen LogP contribution in [0.1, 0.15) is 36.9 Å². The number of primary amides is 1. The van der Waals surface area contributed by atoms with E-state index in [1.165, 1.54) is 12.5 Å². The van der Waals surface area contributed by atoms with E-state index in [0.717, 1.165) is 10.9 Å². The van der Waals surface area contributed by atoms with E-state index in [9.17, 15) is 33.9 Å². The van der Waals surface area contributed by atoms with E-state index in [4.69, 9.17) is 16.6 Å². The number of fused-ring (bicyclic) bond motifs is 1. The standard InChI is InChI=1S/C27H34N8O8/c28-17(5-8-23(37)38)24(39)34-20(9-14-11-31-18-4-2-1-3-16(14)18)25(40)35-21(10-15-12-30-13-32-15)26(41)33-19(27(42)43)6-7-22(29)36/h1-4,11-13,17,19-21,31H,5-10,28H2,(H2,29,36)(H,30,32)(H,33,41)(H,34,39)(H,35,40)(H,37,38)(H,42,43). The van der Waals surface area contributed by atoms with Crippen LogP contribution in [0.25, 0.3) is 10.9 Å². The highest BCUT2D eigenvalue weighted by atomic mass is 16.4. The maximum Gasteiger partial charge on any atom is 0.326 e. The number of rotatable bonds is 17. The van der Waals surface area contributed by atoms with E-state index in [-0.39, 0.29) is 38.5 Å². The number of H-pyrrole nitrogens is 2. The Morgan fingerprint density at radius 2 is 1.49 bits per heavy atom. The summed E-state index contributed by atoms with van der Waals surface area (Å²) >= 11 is 0. The van der Waals surface area contributed by atoms with Crippen molar-refractivity contribution >= 4 is 46.5 Å². The number of carboxylic acids is 2. The Morgan fingerprint density at radius 3 is 2.12 bits per heavy atom. The van der Waals surface area contributed by atoms with Crippen LogP contribution in [0.3, 0.4) is 0 Å². The lowest BCUT2D eigenvalue weighted by Gasteiger charge is -2.25. The van der Waals surface area contributed by atoms with Gasteiger partial charge >= 0.3 is 11.9 Å². The minimum atomic E-state index is -1.46. The molecule has 4 amide bonds. The van der Waals surface area contributed by atoms with Crippen molar-refractivity contribution in [1.82, 2.24) is 30.9 Å². The fourth-order valence-corrected chi connectivity index (χ4v) is 4.33. The summed E-state index contributed by atoms with van der Waals surface area (Å²) in [6.45, 7) is 0. The number of carbonyl (C=O) groups is 6. The number of aliphatic carboxylic acids is 2. The van der Waals surface area contributed by atoms with Gasteiger partial charge in [0.2, 0.25) is 23.6 Å². The van der Waals surface area contributed by atoms with Crippen LogP contribution in [0, 0.1) is 0 Å². The highest BCUT2D eigenvalue weighted by Crippen LogP contribution is 2.19. The average molecular weight is 599 g/mol. The van der Waals surface area contributed by atoms with Crippen molar-refractivity contribution < 1.29 is 39.0 Å². The lowest BCUT2D eigenvalue weighted by Crippen LogP contribution is -2.58. The molecular formula is C27H34N8O8. The molecule has 0 bridgehead atoms. The van der Waals surface area contributed by atoms with Gasteiger partial charge in [-0.2, -0.15) is 0 Å². The number of benzene rings is 1. The Kier molecular flexibility index (Phi) is 11.3. The molecule has 0 fully saturated rings. The molecule has 3 aromatic rings. The Labute approximate surface area is 245 Å². The number of aromatic amines is 2. The van der Waals surface area contributed by atoms with Crippen molar-refractivity contribution in [2.75, 3.05) is 0 Å². The highest BCUT2D eigenvalue weighted by Gasteiger charge is 2.31. The first-order valence-corrected chi connectivity index (χ1v) is 13.4. The number of nitrogens with zero attached hydrogens (tertiary/aromatic N) is 1. The third-order valence-electron chi connectivity index (χ3n) is 6.64. The van der Waals surface area contributed by atoms with Gasteiger partial charge in [0.1, 0.15) is 18.1 Å². The summed E-state index contributed by atoms with van der Waals surface area (Å²) < 4.78 is 0. The molecule has 16 nitrogen and oxygen atoms in total. The SMILES string of the molecule is NC(=O)CCC(NC(=O)C(Cc1cnc[nH]1)NC(=O)C(Cc1c[nH]c2ccccc12)NC(=O)C(N)CCC(=O)O)C(=O)O. The number of hydrogen-bond acceptors (Lipinski definition) is 8. The molecule has 230 valence electrons. The van der Waals surface area contributed by atoms with Crippen LogP contribution in [0.5, 0.6) is 0 Å². The molecule has 0 aliphatic heterocycles. The lowest BCUT2D eigenvalue weighted by molar-refractivity contribution is -0.142. The Hall–Kier alpha value is -5.25. The Morgan fingerprint density at radius 1 is 0.837 bits per heavy atom. The van der Waals surface area contributed by atoms with Gasteiger partial charge in [0.15, 0.2) is 0 Å². The second kappa shape index (κ2) is 15.1. The fourth-order valence-electron chi connectivity index (χ4n) is 4.33. The zero-order valence-corrected chi connectivity index (χ0v) is 23.0. The van der Waals surface area contributed by atoms with Gasteiger partial charge in [-0.1, -0.05) is 18.2 Å². The molecule has 0 aliphatic rings. The molecule has 4 unspecified atom stereocenters. The number of nitrogens with one attached hydrogen (secondary N) is 5. The molecule has 0 saturated carbocycles. The largest absolute Gasteiger partial charge is 0.481 e. The van der Waals surface area contributed by atoms with Crippen LogP contribution in [0.4, 0.5) is 0 Å². The molecule has 16 heteroatoms. The zero-order chi connectivity index (χ0) is 31.5. The number of carbonyl (C=O) groups excluding carboxylic acids is 4. The Bertz CT molecular complexity index is 1450. The summed E-state index contributed by atoms with van der Waals surface area (Å²) in [4.78, 5) is 83.4. The molecule has 4 atom stereocenters. The summed E-state index contributed by atoms with van der Waals surface area (Å²) in [6.07, 6.45) is 3.21. The van der Waals surface area contributed by atoms with E-state index >= 15 is 0 Å². The molecule has 2 heterocycles. The topological polar surface area (TPSA) is 275 Å². The summed E-state index contributed by atoms with van der Waals surface area (Å²) in [5, 5.41) is 26.7. The lowest BCUT2D eigenvalue weighted by atomic mass is 10.0. The van der Waals surface area contributed by atoms with Gasteiger partial charge in [-0.15, -0.1) is 0 Å². The van der Waals surface area contributed by atoms with E-state index < -0.39 is 59.7 Å². The quantitative estimate of drug-likeness (QED) is 0.0883. The highest BCUT2D eigenvalue weighted by molar-refractivity contribution is 5.95.